The van der Waals surface area contributed by atoms with Crippen molar-refractivity contribution in [2.75, 3.05) is 0 Å². The van der Waals surface area contributed by atoms with Gasteiger partial charge in [0.25, 0.3) is 0 Å². The van der Waals surface area contributed by atoms with E-state index in [9.17, 15) is 0 Å². The molecule has 6 heteroatoms. The molecule has 1 aliphatic rings. The fourth-order valence-corrected chi connectivity index (χ4v) is 12.8. The second-order valence-corrected chi connectivity index (χ2v) is 18.5. The van der Waals surface area contributed by atoms with Gasteiger partial charge < -0.3 is 4.74 Å². The summed E-state index contributed by atoms with van der Waals surface area (Å²) in [4.78, 5) is -0.0213. The molecular formula is C21H41N2OPSSi. The average molecular weight is 429 g/mol. The van der Waals surface area contributed by atoms with Crippen LogP contribution in [0.15, 0.2) is 16.8 Å². The molecule has 0 saturated carbocycles. The minimum Gasteiger partial charge on any atom is -0.357 e. The van der Waals surface area contributed by atoms with Crippen LogP contribution in [0.1, 0.15) is 67.1 Å². The summed E-state index contributed by atoms with van der Waals surface area (Å²) in [6.45, 7) is 26.4. The van der Waals surface area contributed by atoms with Crippen LogP contribution in [0.5, 0.6) is 0 Å². The topological polar surface area (TPSA) is 19.0 Å². The molecule has 0 spiro atoms. The maximum absolute atomic E-state index is 6.85. The Hall–Kier alpha value is 0.227. The summed E-state index contributed by atoms with van der Waals surface area (Å²) in [5.41, 5.74) is 1.38. The normalized spacial score (nSPS) is 23.9. The van der Waals surface area contributed by atoms with Crippen molar-refractivity contribution in [2.45, 2.75) is 110 Å². The van der Waals surface area contributed by atoms with Crippen molar-refractivity contribution >= 4 is 27.6 Å². The van der Waals surface area contributed by atoms with Gasteiger partial charge in [-0.15, -0.1) is 0 Å². The predicted molar refractivity (Wildman–Crippen MR) is 125 cm³/mol. The molecule has 2 heterocycles. The van der Waals surface area contributed by atoms with Gasteiger partial charge in [0.1, 0.15) is 11.1 Å². The second kappa shape index (κ2) is 8.53. The molecule has 1 aromatic rings. The molecule has 0 aromatic carbocycles. The minimum atomic E-state index is -1.64. The monoisotopic (exact) mass is 428 g/mol. The van der Waals surface area contributed by atoms with Gasteiger partial charge in [-0.25, -0.2) is 0 Å². The van der Waals surface area contributed by atoms with Crippen LogP contribution in [-0.2, 0) is 4.74 Å². The molecule has 27 heavy (non-hydrogen) atoms. The first kappa shape index (κ1) is 23.5. The van der Waals surface area contributed by atoms with Crippen molar-refractivity contribution < 1.29 is 4.74 Å². The van der Waals surface area contributed by atoms with Crippen molar-refractivity contribution in [3.05, 3.63) is 22.4 Å². The van der Waals surface area contributed by atoms with Crippen LogP contribution in [0.4, 0.5) is 0 Å². The highest BCUT2D eigenvalue weighted by Crippen LogP contribution is 2.76. The van der Waals surface area contributed by atoms with E-state index in [4.69, 9.17) is 4.74 Å². The van der Waals surface area contributed by atoms with E-state index in [0.29, 0.717) is 24.2 Å². The SMILES string of the molecule is CC(C)N(C(C)C)P(N(C(C)C)C(C)C)[C@]1([Si](C)(C)C)O[C@H]1c1ccsc1. The third kappa shape index (κ3) is 4.39. The Morgan fingerprint density at radius 1 is 0.926 bits per heavy atom. The summed E-state index contributed by atoms with van der Waals surface area (Å²) >= 11 is 1.79. The molecule has 0 radical (unpaired) electrons. The average Bonchev–Trinajstić information content (AvgIpc) is 3.02. The minimum absolute atomic E-state index is 0.0213. The lowest BCUT2D eigenvalue weighted by Gasteiger charge is -2.52. The molecule has 1 fully saturated rings. The standard InChI is InChI=1S/C21H41N2OPSSi/c1-15(2)22(16(3)4)25(23(17(5)6)18(7)8)21(27(9,10)11)20(24-21)19-12-13-26-14-19/h12-18,20H,1-11H3/t20-,21+/m0/s1. The Morgan fingerprint density at radius 3 is 1.67 bits per heavy atom. The zero-order chi connectivity index (χ0) is 20.7. The van der Waals surface area contributed by atoms with Crippen LogP contribution in [0.25, 0.3) is 0 Å². The molecule has 0 amide bonds. The highest BCUT2D eigenvalue weighted by Gasteiger charge is 2.72. The lowest BCUT2D eigenvalue weighted by molar-refractivity contribution is 0.243. The van der Waals surface area contributed by atoms with Gasteiger partial charge in [-0.3, -0.25) is 9.34 Å². The van der Waals surface area contributed by atoms with E-state index >= 15 is 0 Å². The van der Waals surface area contributed by atoms with Gasteiger partial charge in [0.15, 0.2) is 0 Å². The highest BCUT2D eigenvalue weighted by molar-refractivity contribution is 7.58. The molecule has 0 aliphatic carbocycles. The number of rotatable bonds is 9. The van der Waals surface area contributed by atoms with Crippen molar-refractivity contribution in [1.82, 2.24) is 9.34 Å². The Morgan fingerprint density at radius 2 is 1.37 bits per heavy atom. The molecule has 1 saturated heterocycles. The van der Waals surface area contributed by atoms with E-state index in [1.807, 2.05) is 0 Å². The summed E-state index contributed by atoms with van der Waals surface area (Å²) in [5.74, 6) is 0. The Kier molecular flexibility index (Phi) is 7.43. The van der Waals surface area contributed by atoms with Crippen LogP contribution in [-0.4, -0.2) is 46.5 Å². The van der Waals surface area contributed by atoms with Gasteiger partial charge in [0, 0.05) is 24.2 Å². The molecule has 0 bridgehead atoms. The summed E-state index contributed by atoms with van der Waals surface area (Å²) in [7, 11) is -2.24. The molecular weight excluding hydrogens is 387 g/mol. The number of epoxide rings is 1. The van der Waals surface area contributed by atoms with E-state index < -0.39 is 16.3 Å². The lowest BCUT2D eigenvalue weighted by atomic mass is 10.3. The molecule has 0 N–H and O–H groups in total. The molecule has 0 unspecified atom stereocenters. The van der Waals surface area contributed by atoms with Gasteiger partial charge >= 0.3 is 0 Å². The zero-order valence-corrected chi connectivity index (χ0v) is 22.0. The first-order valence-electron chi connectivity index (χ1n) is 10.4. The van der Waals surface area contributed by atoms with Crippen LogP contribution in [0.3, 0.4) is 0 Å². The van der Waals surface area contributed by atoms with Gasteiger partial charge in [-0.05, 0) is 77.8 Å². The van der Waals surface area contributed by atoms with Crippen molar-refractivity contribution in [1.29, 1.82) is 0 Å². The fourth-order valence-electron chi connectivity index (χ4n) is 4.42. The Bertz CT molecular complexity index is 564. The van der Waals surface area contributed by atoms with Gasteiger partial charge in [-0.1, -0.05) is 19.6 Å². The van der Waals surface area contributed by atoms with Gasteiger partial charge in [0.05, 0.1) is 16.3 Å². The van der Waals surface area contributed by atoms with E-state index in [1.54, 1.807) is 11.3 Å². The third-order valence-electron chi connectivity index (χ3n) is 5.37. The van der Waals surface area contributed by atoms with Crippen LogP contribution < -0.4 is 0 Å². The fraction of sp³-hybridized carbons (Fsp3) is 0.810. The zero-order valence-electron chi connectivity index (χ0n) is 19.3. The summed E-state index contributed by atoms with van der Waals surface area (Å²) in [6, 6.07) is 4.26. The second-order valence-electron chi connectivity index (χ2n) is 9.93. The van der Waals surface area contributed by atoms with Crippen molar-refractivity contribution in [3.63, 3.8) is 0 Å². The molecule has 2 atom stereocenters. The number of thiophene rings is 1. The van der Waals surface area contributed by atoms with E-state index in [1.165, 1.54) is 5.56 Å². The maximum atomic E-state index is 6.85. The highest BCUT2D eigenvalue weighted by atomic mass is 32.1. The molecule has 1 aromatic heterocycles. The Balaban J connectivity index is 2.65. The third-order valence-corrected chi connectivity index (χ3v) is 14.9. The Labute approximate surface area is 174 Å². The number of hydrogen-bond donors (Lipinski definition) is 0. The first-order chi connectivity index (χ1) is 12.4. The maximum Gasteiger partial charge on any atom is 0.133 e. The summed E-state index contributed by atoms with van der Waals surface area (Å²) in [6.07, 6.45) is 0.251. The number of nitrogens with zero attached hydrogens (tertiary/aromatic N) is 2. The smallest absolute Gasteiger partial charge is 0.133 e. The van der Waals surface area contributed by atoms with E-state index in [2.05, 4.69) is 101 Å². The number of hydrogen-bond acceptors (Lipinski definition) is 4. The molecule has 2 rings (SSSR count). The van der Waals surface area contributed by atoms with Crippen LogP contribution >= 0.6 is 19.6 Å². The van der Waals surface area contributed by atoms with E-state index in [0.717, 1.165) is 0 Å². The molecule has 156 valence electrons. The first-order valence-corrected chi connectivity index (χ1v) is 16.1. The predicted octanol–water partition coefficient (Wildman–Crippen LogP) is 6.94. The van der Waals surface area contributed by atoms with Crippen molar-refractivity contribution in [2.24, 2.45) is 0 Å². The van der Waals surface area contributed by atoms with Gasteiger partial charge in [0.2, 0.25) is 0 Å². The molecule has 1 aliphatic heterocycles. The quantitative estimate of drug-likeness (QED) is 0.241. The summed E-state index contributed by atoms with van der Waals surface area (Å²) < 4.78 is 12.4. The van der Waals surface area contributed by atoms with Crippen LogP contribution in [0.2, 0.25) is 19.6 Å². The van der Waals surface area contributed by atoms with Crippen molar-refractivity contribution in [3.8, 4) is 0 Å². The van der Waals surface area contributed by atoms with Crippen LogP contribution in [0, 0.1) is 0 Å². The lowest BCUT2D eigenvalue weighted by Crippen LogP contribution is -2.53. The van der Waals surface area contributed by atoms with Gasteiger partial charge in [-0.2, -0.15) is 11.3 Å². The summed E-state index contributed by atoms with van der Waals surface area (Å²) in [5, 5.41) is 4.49. The number of ether oxygens (including phenoxy) is 1. The molecule has 3 nitrogen and oxygen atoms in total. The van der Waals surface area contributed by atoms with E-state index in [-0.39, 0.29) is 11.1 Å². The largest absolute Gasteiger partial charge is 0.357 e.